The minimum atomic E-state index is -1.74. The average Bonchev–Trinajstić information content (AvgIpc) is 2.67. The monoisotopic (exact) mass is 267 g/mol. The van der Waals surface area contributed by atoms with Crippen LogP contribution in [0.5, 0.6) is 0 Å². The lowest BCUT2D eigenvalue weighted by Crippen LogP contribution is -2.53. The fraction of sp³-hybridized carbons (Fsp3) is 0.385. The number of hydrogen-bond donors (Lipinski definition) is 3. The van der Waals surface area contributed by atoms with Gasteiger partial charge >= 0.3 is 5.97 Å². The predicted octanol–water partition coefficient (Wildman–Crippen LogP) is 0.733. The molecule has 0 aromatic heterocycles. The molecule has 102 valence electrons. The van der Waals surface area contributed by atoms with Gasteiger partial charge in [0, 0.05) is 18.4 Å². The molecule has 0 spiro atoms. The fourth-order valence-electron chi connectivity index (χ4n) is 2.25. The quantitative estimate of drug-likeness (QED) is 0.753. The lowest BCUT2D eigenvalue weighted by molar-refractivity contribution is -0.144. The number of rotatable bonds is 3. The van der Waals surface area contributed by atoms with Crippen molar-refractivity contribution in [3.05, 3.63) is 35.9 Å². The Hall–Kier alpha value is -1.95. The number of aliphatic hydroxyl groups is 1. The summed E-state index contributed by atoms with van der Waals surface area (Å²) in [7, 11) is 0. The molecule has 1 saturated carbocycles. The fourth-order valence-corrected chi connectivity index (χ4v) is 2.25. The van der Waals surface area contributed by atoms with Gasteiger partial charge in [-0.15, -0.1) is 0 Å². The molecule has 1 aromatic carbocycles. The second kappa shape index (κ2) is 4.97. The molecular formula is C13H14FNO4. The van der Waals surface area contributed by atoms with Crippen molar-refractivity contribution < 1.29 is 24.2 Å². The van der Waals surface area contributed by atoms with E-state index in [2.05, 4.69) is 5.32 Å². The maximum absolute atomic E-state index is 13.4. The van der Waals surface area contributed by atoms with Crippen molar-refractivity contribution in [1.82, 2.24) is 5.32 Å². The number of benzene rings is 1. The Kier molecular flexibility index (Phi) is 3.53. The number of carbonyl (C=O) groups excluding carboxylic acids is 1. The Labute approximate surface area is 109 Å². The number of carboxylic acids is 1. The molecule has 0 aliphatic heterocycles. The Bertz CT molecular complexity index is 481. The van der Waals surface area contributed by atoms with E-state index in [-0.39, 0.29) is 6.42 Å². The van der Waals surface area contributed by atoms with Crippen LogP contribution in [-0.4, -0.2) is 39.9 Å². The molecule has 0 heterocycles. The lowest BCUT2D eigenvalue weighted by atomic mass is 9.97. The highest BCUT2D eigenvalue weighted by molar-refractivity contribution is 5.98. The molecule has 1 fully saturated rings. The van der Waals surface area contributed by atoms with E-state index in [1.807, 2.05) is 0 Å². The third-order valence-electron chi connectivity index (χ3n) is 3.32. The molecule has 0 radical (unpaired) electrons. The summed E-state index contributed by atoms with van der Waals surface area (Å²) in [5.41, 5.74) is -1.45. The Morgan fingerprint density at radius 3 is 2.37 bits per heavy atom. The number of carboxylic acid groups (broad SMARTS) is 1. The van der Waals surface area contributed by atoms with Gasteiger partial charge in [-0.25, -0.2) is 9.18 Å². The van der Waals surface area contributed by atoms with Gasteiger partial charge in [-0.1, -0.05) is 18.2 Å². The molecule has 6 heteroatoms. The molecule has 2 rings (SSSR count). The Morgan fingerprint density at radius 2 is 1.89 bits per heavy atom. The van der Waals surface area contributed by atoms with Gasteiger partial charge in [0.25, 0.3) is 5.91 Å². The number of aliphatic hydroxyl groups excluding tert-OH is 1. The smallest absolute Gasteiger partial charge is 0.329 e. The van der Waals surface area contributed by atoms with Gasteiger partial charge in [0.1, 0.15) is 11.7 Å². The van der Waals surface area contributed by atoms with E-state index in [4.69, 9.17) is 0 Å². The van der Waals surface area contributed by atoms with Crippen LogP contribution >= 0.6 is 0 Å². The van der Waals surface area contributed by atoms with Crippen LogP contribution in [0.2, 0.25) is 0 Å². The molecule has 19 heavy (non-hydrogen) atoms. The summed E-state index contributed by atoms with van der Waals surface area (Å²) in [6.07, 6.45) is -3.77. The molecule has 1 amide bonds. The van der Waals surface area contributed by atoms with Crippen molar-refractivity contribution in [2.45, 2.75) is 30.7 Å². The molecule has 1 aliphatic carbocycles. The van der Waals surface area contributed by atoms with Crippen LogP contribution in [0.4, 0.5) is 4.39 Å². The minimum Gasteiger partial charge on any atom is -0.480 e. The van der Waals surface area contributed by atoms with Crippen LogP contribution < -0.4 is 5.32 Å². The number of amides is 1. The topological polar surface area (TPSA) is 86.6 Å². The van der Waals surface area contributed by atoms with Gasteiger partial charge in [0.05, 0.1) is 6.10 Å². The van der Waals surface area contributed by atoms with Gasteiger partial charge in [-0.3, -0.25) is 4.79 Å². The van der Waals surface area contributed by atoms with E-state index in [0.29, 0.717) is 5.56 Å². The number of nitrogens with one attached hydrogen (secondary N) is 1. The van der Waals surface area contributed by atoms with Crippen LogP contribution in [0.1, 0.15) is 23.2 Å². The second-order valence-electron chi connectivity index (χ2n) is 4.70. The van der Waals surface area contributed by atoms with E-state index in [0.717, 1.165) is 0 Å². The molecule has 1 aromatic rings. The van der Waals surface area contributed by atoms with Crippen molar-refractivity contribution in [2.24, 2.45) is 0 Å². The molecule has 0 bridgehead atoms. The third-order valence-corrected chi connectivity index (χ3v) is 3.32. The van der Waals surface area contributed by atoms with Crippen molar-refractivity contribution in [3.8, 4) is 0 Å². The number of halogens is 1. The largest absolute Gasteiger partial charge is 0.480 e. The maximum Gasteiger partial charge on any atom is 0.329 e. The second-order valence-corrected chi connectivity index (χ2v) is 4.70. The van der Waals surface area contributed by atoms with Crippen LogP contribution in [-0.2, 0) is 4.79 Å². The standard InChI is InChI=1S/C13H14FNO4/c14-9-6-13(12(18)19,7-10(9)16)15-11(17)8-4-2-1-3-5-8/h1-5,9-10,16H,6-7H2,(H,15,17)(H,18,19). The third kappa shape index (κ3) is 2.58. The normalized spacial score (nSPS) is 30.0. The zero-order valence-corrected chi connectivity index (χ0v) is 10.0. The van der Waals surface area contributed by atoms with Crippen molar-refractivity contribution in [2.75, 3.05) is 0 Å². The molecule has 3 N–H and O–H groups in total. The van der Waals surface area contributed by atoms with Crippen molar-refractivity contribution in [1.29, 1.82) is 0 Å². The zero-order valence-electron chi connectivity index (χ0n) is 10.0. The van der Waals surface area contributed by atoms with E-state index >= 15 is 0 Å². The van der Waals surface area contributed by atoms with Crippen LogP contribution in [0, 0.1) is 0 Å². The molecule has 1 aliphatic rings. The van der Waals surface area contributed by atoms with E-state index < -0.39 is 36.1 Å². The van der Waals surface area contributed by atoms with E-state index in [9.17, 15) is 24.2 Å². The SMILES string of the molecule is O=C(NC1(C(=O)O)CC(O)C(F)C1)c1ccccc1. The number of aliphatic carboxylic acids is 1. The first-order chi connectivity index (χ1) is 8.94. The van der Waals surface area contributed by atoms with Gasteiger partial charge in [-0.2, -0.15) is 0 Å². The zero-order chi connectivity index (χ0) is 14.0. The van der Waals surface area contributed by atoms with Crippen LogP contribution in [0.25, 0.3) is 0 Å². The molecule has 5 nitrogen and oxygen atoms in total. The maximum atomic E-state index is 13.4. The van der Waals surface area contributed by atoms with Gasteiger partial charge in [0.15, 0.2) is 0 Å². The predicted molar refractivity (Wildman–Crippen MR) is 64.4 cm³/mol. The average molecular weight is 267 g/mol. The number of carbonyl (C=O) groups is 2. The highest BCUT2D eigenvalue weighted by Crippen LogP contribution is 2.33. The molecule has 0 saturated heterocycles. The summed E-state index contributed by atoms with van der Waals surface area (Å²) >= 11 is 0. The minimum absolute atomic E-state index is 0.292. The van der Waals surface area contributed by atoms with Crippen LogP contribution in [0.15, 0.2) is 30.3 Å². The Balaban J connectivity index is 2.19. The highest BCUT2D eigenvalue weighted by atomic mass is 19.1. The van der Waals surface area contributed by atoms with Gasteiger partial charge < -0.3 is 15.5 Å². The number of alkyl halides is 1. The summed E-state index contributed by atoms with van der Waals surface area (Å²) in [6, 6.07) is 8.07. The first-order valence-corrected chi connectivity index (χ1v) is 5.88. The summed E-state index contributed by atoms with van der Waals surface area (Å²) in [5, 5.41) is 20.9. The summed E-state index contributed by atoms with van der Waals surface area (Å²) in [5.74, 6) is -1.93. The van der Waals surface area contributed by atoms with E-state index in [1.165, 1.54) is 12.1 Å². The highest BCUT2D eigenvalue weighted by Gasteiger charge is 2.51. The van der Waals surface area contributed by atoms with Crippen molar-refractivity contribution >= 4 is 11.9 Å². The first kappa shape index (κ1) is 13.5. The summed E-state index contributed by atoms with van der Waals surface area (Å²) in [4.78, 5) is 23.2. The van der Waals surface area contributed by atoms with Gasteiger partial charge in [0.2, 0.25) is 0 Å². The van der Waals surface area contributed by atoms with E-state index in [1.54, 1.807) is 18.2 Å². The molecular weight excluding hydrogens is 253 g/mol. The Morgan fingerprint density at radius 1 is 1.26 bits per heavy atom. The van der Waals surface area contributed by atoms with Crippen LogP contribution in [0.3, 0.4) is 0 Å². The molecule has 3 atom stereocenters. The van der Waals surface area contributed by atoms with Crippen molar-refractivity contribution in [3.63, 3.8) is 0 Å². The molecule has 3 unspecified atom stereocenters. The lowest BCUT2D eigenvalue weighted by Gasteiger charge is -2.25. The summed E-state index contributed by atoms with van der Waals surface area (Å²) in [6.45, 7) is 0. The number of hydrogen-bond acceptors (Lipinski definition) is 3. The van der Waals surface area contributed by atoms with Gasteiger partial charge in [-0.05, 0) is 12.1 Å². The first-order valence-electron chi connectivity index (χ1n) is 5.88. The summed E-state index contributed by atoms with van der Waals surface area (Å²) < 4.78 is 13.4.